The number of sulfonamides is 1. The number of carbonyl (C=O) groups excluding carboxylic acids is 1. The van der Waals surface area contributed by atoms with E-state index in [-0.39, 0.29) is 21.9 Å². The number of aromatic nitrogens is 2. The largest absolute Gasteiger partial charge is 0.301 e. The van der Waals surface area contributed by atoms with Gasteiger partial charge in [-0.25, -0.2) is 13.1 Å². The van der Waals surface area contributed by atoms with Crippen LogP contribution in [0.2, 0.25) is 0 Å². The molecule has 0 fully saturated rings. The van der Waals surface area contributed by atoms with Gasteiger partial charge >= 0.3 is 0 Å². The highest BCUT2D eigenvalue weighted by Gasteiger charge is 2.20. The van der Waals surface area contributed by atoms with Crippen LogP contribution in [0, 0.1) is 17.2 Å². The lowest BCUT2D eigenvalue weighted by molar-refractivity contribution is -0.114. The number of carbonyl (C=O) groups is 1. The molecule has 10 heteroatoms. The van der Waals surface area contributed by atoms with Gasteiger partial charge in [0, 0.05) is 13.5 Å². The Balaban J connectivity index is 2.77. The highest BCUT2D eigenvalue weighted by atomic mass is 32.2. The van der Waals surface area contributed by atoms with Gasteiger partial charge in [-0.2, -0.15) is 5.26 Å². The van der Waals surface area contributed by atoms with Crippen molar-refractivity contribution in [2.24, 2.45) is 5.92 Å². The maximum atomic E-state index is 11.7. The third kappa shape index (κ3) is 4.02. The molecule has 1 heterocycles. The number of amides is 1. The van der Waals surface area contributed by atoms with E-state index in [9.17, 15) is 13.2 Å². The third-order valence-electron chi connectivity index (χ3n) is 1.72. The number of rotatable bonds is 5. The lowest BCUT2D eigenvalue weighted by Gasteiger charge is -2.03. The van der Waals surface area contributed by atoms with E-state index in [4.69, 9.17) is 5.26 Å². The molecular weight excluding hydrogens is 278 g/mol. The van der Waals surface area contributed by atoms with Crippen molar-refractivity contribution in [3.05, 3.63) is 0 Å². The Morgan fingerprint density at radius 1 is 1.56 bits per heavy atom. The zero-order chi connectivity index (χ0) is 13.8. The van der Waals surface area contributed by atoms with Gasteiger partial charge < -0.3 is 5.32 Å². The summed E-state index contributed by atoms with van der Waals surface area (Å²) >= 11 is 0.740. The summed E-state index contributed by atoms with van der Waals surface area (Å²) in [5.74, 6) is -0.802. The van der Waals surface area contributed by atoms with Crippen LogP contribution in [-0.4, -0.2) is 31.1 Å². The first kappa shape index (κ1) is 14.5. The summed E-state index contributed by atoms with van der Waals surface area (Å²) < 4.78 is 25.4. The van der Waals surface area contributed by atoms with E-state index in [1.807, 2.05) is 6.07 Å². The molecule has 1 atom stereocenters. The monoisotopic (exact) mass is 289 g/mol. The van der Waals surface area contributed by atoms with Gasteiger partial charge in [0.25, 0.3) is 10.0 Å². The maximum Gasteiger partial charge on any atom is 0.269 e. The van der Waals surface area contributed by atoms with Gasteiger partial charge in [-0.05, 0) is 6.92 Å². The van der Waals surface area contributed by atoms with Crippen molar-refractivity contribution in [1.29, 1.82) is 5.26 Å². The number of nitriles is 1. The van der Waals surface area contributed by atoms with E-state index in [1.54, 1.807) is 6.92 Å². The Kier molecular flexibility index (Phi) is 4.71. The lowest BCUT2D eigenvalue weighted by Crippen LogP contribution is -2.27. The van der Waals surface area contributed by atoms with Crippen LogP contribution < -0.4 is 10.0 Å². The lowest BCUT2D eigenvalue weighted by atomic mass is 10.2. The van der Waals surface area contributed by atoms with Gasteiger partial charge in [-0.3, -0.25) is 4.79 Å². The molecule has 8 nitrogen and oxygen atoms in total. The molecule has 0 bridgehead atoms. The molecule has 0 aliphatic heterocycles. The van der Waals surface area contributed by atoms with Crippen LogP contribution in [0.4, 0.5) is 5.13 Å². The number of nitrogens with zero attached hydrogens (tertiary/aromatic N) is 3. The molecule has 0 aromatic carbocycles. The SMILES string of the molecule is CC(=O)Nc1nnc(S(=O)(=O)NCC(C)C#N)s1. The number of nitrogens with one attached hydrogen (secondary N) is 2. The van der Waals surface area contributed by atoms with Crippen LogP contribution >= 0.6 is 11.3 Å². The second-order valence-electron chi connectivity index (χ2n) is 3.44. The fourth-order valence-electron chi connectivity index (χ4n) is 0.862. The molecule has 1 aromatic heterocycles. The minimum absolute atomic E-state index is 0.00607. The van der Waals surface area contributed by atoms with E-state index < -0.39 is 15.9 Å². The summed E-state index contributed by atoms with van der Waals surface area (Å²) in [6.45, 7) is 2.86. The molecule has 0 spiro atoms. The molecule has 18 heavy (non-hydrogen) atoms. The maximum absolute atomic E-state index is 11.7. The topological polar surface area (TPSA) is 125 Å². The molecule has 98 valence electrons. The van der Waals surface area contributed by atoms with Crippen molar-refractivity contribution in [3.8, 4) is 6.07 Å². The Hall–Kier alpha value is -1.57. The van der Waals surface area contributed by atoms with Crippen LogP contribution in [0.3, 0.4) is 0 Å². The minimum atomic E-state index is -3.79. The predicted octanol–water partition coefficient (Wildman–Crippen LogP) is -0.0655. The molecule has 1 aromatic rings. The highest BCUT2D eigenvalue weighted by Crippen LogP contribution is 2.19. The molecule has 1 amide bonds. The van der Waals surface area contributed by atoms with Gasteiger partial charge in [-0.15, -0.1) is 10.2 Å². The molecule has 0 aliphatic carbocycles. The molecule has 0 saturated carbocycles. The van der Waals surface area contributed by atoms with Gasteiger partial charge in [0.15, 0.2) is 0 Å². The summed E-state index contributed by atoms with van der Waals surface area (Å²) in [4.78, 5) is 10.8. The van der Waals surface area contributed by atoms with Crippen molar-refractivity contribution in [1.82, 2.24) is 14.9 Å². The Labute approximate surface area is 108 Å². The zero-order valence-electron chi connectivity index (χ0n) is 9.67. The third-order valence-corrected chi connectivity index (χ3v) is 4.35. The van der Waals surface area contributed by atoms with Crippen molar-refractivity contribution in [3.63, 3.8) is 0 Å². The normalized spacial score (nSPS) is 12.7. The fourth-order valence-corrected chi connectivity index (χ4v) is 2.98. The molecule has 1 unspecified atom stereocenters. The van der Waals surface area contributed by atoms with Crippen LogP contribution in [0.25, 0.3) is 0 Å². The number of anilines is 1. The van der Waals surface area contributed by atoms with Gasteiger partial charge in [0.2, 0.25) is 15.4 Å². The Morgan fingerprint density at radius 2 is 2.22 bits per heavy atom. The van der Waals surface area contributed by atoms with E-state index in [1.165, 1.54) is 6.92 Å². The van der Waals surface area contributed by atoms with Crippen molar-refractivity contribution in [2.75, 3.05) is 11.9 Å². The first-order valence-corrected chi connectivity index (χ1v) is 7.15. The molecule has 1 rings (SSSR count). The van der Waals surface area contributed by atoms with E-state index in [0.717, 1.165) is 11.3 Å². The molecule has 2 N–H and O–H groups in total. The smallest absolute Gasteiger partial charge is 0.269 e. The molecule has 0 radical (unpaired) electrons. The van der Waals surface area contributed by atoms with Gasteiger partial charge in [0.1, 0.15) is 0 Å². The van der Waals surface area contributed by atoms with E-state index in [2.05, 4.69) is 20.2 Å². The van der Waals surface area contributed by atoms with Crippen molar-refractivity contribution >= 4 is 32.4 Å². The van der Waals surface area contributed by atoms with Crippen LogP contribution in [-0.2, 0) is 14.8 Å². The minimum Gasteiger partial charge on any atom is -0.301 e. The molecule has 0 saturated heterocycles. The van der Waals surface area contributed by atoms with Crippen molar-refractivity contribution < 1.29 is 13.2 Å². The molecular formula is C8H11N5O3S2. The first-order chi connectivity index (χ1) is 8.35. The zero-order valence-corrected chi connectivity index (χ0v) is 11.3. The summed E-state index contributed by atoms with van der Waals surface area (Å²) in [6.07, 6.45) is 0. The summed E-state index contributed by atoms with van der Waals surface area (Å²) in [5, 5.41) is 18.0. The number of hydrogen-bond donors (Lipinski definition) is 2. The standard InChI is InChI=1S/C8H11N5O3S2/c1-5(3-9)4-10-18(15,16)8-13-12-7(17-8)11-6(2)14/h5,10H,4H2,1-2H3,(H,11,12,14). The van der Waals surface area contributed by atoms with Crippen LogP contribution in [0.5, 0.6) is 0 Å². The molecule has 0 aliphatic rings. The average molecular weight is 289 g/mol. The van der Waals surface area contributed by atoms with E-state index in [0.29, 0.717) is 0 Å². The second-order valence-corrected chi connectivity index (χ2v) is 6.35. The average Bonchev–Trinajstić information content (AvgIpc) is 2.74. The summed E-state index contributed by atoms with van der Waals surface area (Å²) in [6, 6.07) is 1.90. The highest BCUT2D eigenvalue weighted by molar-refractivity contribution is 7.91. The van der Waals surface area contributed by atoms with Gasteiger partial charge in [-0.1, -0.05) is 11.3 Å². The second kappa shape index (κ2) is 5.85. The quantitative estimate of drug-likeness (QED) is 0.731. The first-order valence-electron chi connectivity index (χ1n) is 4.85. The van der Waals surface area contributed by atoms with Crippen LogP contribution in [0.15, 0.2) is 4.34 Å². The Morgan fingerprint density at radius 3 is 2.78 bits per heavy atom. The summed E-state index contributed by atoms with van der Waals surface area (Å²) in [7, 11) is -3.79. The van der Waals surface area contributed by atoms with Gasteiger partial charge in [0.05, 0.1) is 12.0 Å². The van der Waals surface area contributed by atoms with Crippen LogP contribution in [0.1, 0.15) is 13.8 Å². The van der Waals surface area contributed by atoms with Crippen molar-refractivity contribution in [2.45, 2.75) is 18.2 Å². The Bertz CT molecular complexity index is 574. The summed E-state index contributed by atoms with van der Waals surface area (Å²) in [5.41, 5.74) is 0. The predicted molar refractivity (Wildman–Crippen MR) is 64.2 cm³/mol. The van der Waals surface area contributed by atoms with E-state index >= 15 is 0 Å². The number of hydrogen-bond acceptors (Lipinski definition) is 7. The fraction of sp³-hybridized carbons (Fsp3) is 0.500.